The van der Waals surface area contributed by atoms with E-state index in [2.05, 4.69) is 20.7 Å². The van der Waals surface area contributed by atoms with Gasteiger partial charge in [-0.15, -0.1) is 10.2 Å². The molecule has 3 aromatic carbocycles. The lowest BCUT2D eigenvalue weighted by Crippen LogP contribution is -2.21. The molecular weight excluding hydrogens is 489 g/mol. The van der Waals surface area contributed by atoms with Gasteiger partial charge in [0.05, 0.1) is 11.5 Å². The molecule has 4 rings (SSSR count). The summed E-state index contributed by atoms with van der Waals surface area (Å²) in [6.45, 7) is 3.85. The van der Waals surface area contributed by atoms with Crippen LogP contribution >= 0.6 is 35.0 Å². The summed E-state index contributed by atoms with van der Waals surface area (Å²) in [6.07, 6.45) is 0. The van der Waals surface area contributed by atoms with E-state index >= 15 is 0 Å². The van der Waals surface area contributed by atoms with Gasteiger partial charge in [0, 0.05) is 21.3 Å². The van der Waals surface area contributed by atoms with Crippen molar-refractivity contribution in [2.24, 2.45) is 5.10 Å². The molecule has 4 aromatic rings. The summed E-state index contributed by atoms with van der Waals surface area (Å²) in [5.74, 6) is 0.555. The van der Waals surface area contributed by atoms with E-state index in [0.717, 1.165) is 22.4 Å². The molecule has 1 amide bonds. The minimum atomic E-state index is -0.249. The number of carbonyl (C=O) groups excluding carboxylic acids is 1. The third kappa shape index (κ3) is 5.86. The number of aryl methyl sites for hydroxylation is 1. The lowest BCUT2D eigenvalue weighted by molar-refractivity contribution is -0.118. The van der Waals surface area contributed by atoms with Crippen molar-refractivity contribution in [2.45, 2.75) is 19.0 Å². The third-order valence-electron chi connectivity index (χ3n) is 4.97. The molecule has 9 heteroatoms. The number of hydrazone groups is 1. The number of aromatic nitrogens is 3. The Kier molecular flexibility index (Phi) is 7.67. The molecule has 0 aliphatic heterocycles. The number of rotatable bonds is 7. The number of amides is 1. The van der Waals surface area contributed by atoms with E-state index in [1.807, 2.05) is 79.1 Å². The molecule has 0 saturated heterocycles. The van der Waals surface area contributed by atoms with Crippen molar-refractivity contribution >= 4 is 46.6 Å². The normalized spacial score (nSPS) is 11.5. The van der Waals surface area contributed by atoms with Crippen molar-refractivity contribution in [2.75, 3.05) is 5.75 Å². The van der Waals surface area contributed by atoms with Crippen LogP contribution in [0.2, 0.25) is 10.0 Å². The first-order valence-corrected chi connectivity index (χ1v) is 12.1. The van der Waals surface area contributed by atoms with Crippen molar-refractivity contribution in [1.82, 2.24) is 20.2 Å². The smallest absolute Gasteiger partial charge is 0.250 e. The number of benzene rings is 3. The Hall–Kier alpha value is -3.13. The van der Waals surface area contributed by atoms with Crippen LogP contribution in [0.1, 0.15) is 18.1 Å². The third-order valence-corrected chi connectivity index (χ3v) is 6.40. The lowest BCUT2D eigenvalue weighted by Gasteiger charge is -2.10. The first-order valence-electron chi connectivity index (χ1n) is 10.4. The van der Waals surface area contributed by atoms with Crippen molar-refractivity contribution in [3.63, 3.8) is 0 Å². The minimum absolute atomic E-state index is 0.122. The fourth-order valence-corrected chi connectivity index (χ4v) is 4.14. The number of halogens is 2. The maximum Gasteiger partial charge on any atom is 0.250 e. The molecule has 1 N–H and O–H groups in total. The topological polar surface area (TPSA) is 72.2 Å². The summed E-state index contributed by atoms with van der Waals surface area (Å²) in [5.41, 5.74) is 7.09. The quantitative estimate of drug-likeness (QED) is 0.183. The zero-order valence-electron chi connectivity index (χ0n) is 18.5. The maximum absolute atomic E-state index is 12.5. The van der Waals surface area contributed by atoms with E-state index in [9.17, 15) is 4.79 Å². The second-order valence-electron chi connectivity index (χ2n) is 7.51. The molecule has 172 valence electrons. The van der Waals surface area contributed by atoms with Crippen LogP contribution in [-0.4, -0.2) is 32.1 Å². The molecule has 1 heterocycles. The molecule has 0 saturated carbocycles. The maximum atomic E-state index is 12.5. The predicted octanol–water partition coefficient (Wildman–Crippen LogP) is 6.18. The molecular formula is C25H21Cl2N5OS. The van der Waals surface area contributed by atoms with Crippen LogP contribution in [0.3, 0.4) is 0 Å². The van der Waals surface area contributed by atoms with Gasteiger partial charge in [0.1, 0.15) is 0 Å². The van der Waals surface area contributed by atoms with Gasteiger partial charge in [0.15, 0.2) is 11.0 Å². The molecule has 1 aromatic heterocycles. The van der Waals surface area contributed by atoms with Crippen LogP contribution in [0.25, 0.3) is 17.1 Å². The molecule has 0 spiro atoms. The number of thioether (sulfide) groups is 1. The zero-order chi connectivity index (χ0) is 24.1. The second-order valence-corrected chi connectivity index (χ2v) is 9.33. The van der Waals surface area contributed by atoms with Crippen LogP contribution in [0.15, 0.2) is 83.1 Å². The molecule has 0 radical (unpaired) electrons. The van der Waals surface area contributed by atoms with Crippen molar-refractivity contribution < 1.29 is 4.79 Å². The van der Waals surface area contributed by atoms with E-state index < -0.39 is 0 Å². The van der Waals surface area contributed by atoms with Gasteiger partial charge in [0.25, 0.3) is 5.91 Å². The van der Waals surface area contributed by atoms with Gasteiger partial charge >= 0.3 is 0 Å². The van der Waals surface area contributed by atoms with Crippen molar-refractivity contribution in [1.29, 1.82) is 0 Å². The van der Waals surface area contributed by atoms with Crippen LogP contribution < -0.4 is 5.43 Å². The minimum Gasteiger partial charge on any atom is -0.272 e. The van der Waals surface area contributed by atoms with E-state index in [1.54, 1.807) is 12.1 Å². The fourth-order valence-electron chi connectivity index (χ4n) is 3.14. The van der Waals surface area contributed by atoms with Gasteiger partial charge in [-0.05, 0) is 55.8 Å². The van der Waals surface area contributed by atoms with E-state index in [4.69, 9.17) is 23.2 Å². The average Bonchev–Trinajstić information content (AvgIpc) is 3.26. The largest absolute Gasteiger partial charge is 0.272 e. The van der Waals surface area contributed by atoms with Crippen LogP contribution in [0, 0.1) is 6.92 Å². The summed E-state index contributed by atoms with van der Waals surface area (Å²) < 4.78 is 1.92. The number of hydrogen-bond acceptors (Lipinski definition) is 5. The average molecular weight is 510 g/mol. The second kappa shape index (κ2) is 10.9. The Labute approximate surface area is 212 Å². The Morgan fingerprint density at radius 2 is 1.56 bits per heavy atom. The van der Waals surface area contributed by atoms with Gasteiger partial charge < -0.3 is 0 Å². The highest BCUT2D eigenvalue weighted by atomic mass is 35.5. The summed E-state index contributed by atoms with van der Waals surface area (Å²) in [7, 11) is 0. The highest BCUT2D eigenvalue weighted by Gasteiger charge is 2.17. The summed E-state index contributed by atoms with van der Waals surface area (Å²) in [4.78, 5) is 12.5. The Balaban J connectivity index is 1.52. The van der Waals surface area contributed by atoms with E-state index in [1.165, 1.54) is 11.8 Å². The first-order chi connectivity index (χ1) is 16.4. The molecule has 34 heavy (non-hydrogen) atoms. The van der Waals surface area contributed by atoms with Crippen LogP contribution in [0.5, 0.6) is 0 Å². The van der Waals surface area contributed by atoms with Crippen molar-refractivity contribution in [3.8, 4) is 17.1 Å². The van der Waals surface area contributed by atoms with Gasteiger partial charge in [-0.1, -0.05) is 76.9 Å². The lowest BCUT2D eigenvalue weighted by atomic mass is 10.1. The molecule has 0 aliphatic rings. The monoisotopic (exact) mass is 509 g/mol. The molecule has 0 bridgehead atoms. The van der Waals surface area contributed by atoms with E-state index in [0.29, 0.717) is 26.7 Å². The van der Waals surface area contributed by atoms with Gasteiger partial charge in [-0.25, -0.2) is 5.43 Å². The number of nitrogens with one attached hydrogen (secondary N) is 1. The molecule has 0 fully saturated rings. The number of nitrogens with zero attached hydrogens (tertiary/aromatic N) is 4. The SMILES string of the molecule is C/C(=N\NC(=O)CSc1nnc(-c2ccc(C)cc2)n1-c1ccc(Cl)cc1)c1ccc(Cl)cc1. The van der Waals surface area contributed by atoms with Gasteiger partial charge in [0.2, 0.25) is 0 Å². The number of carbonyl (C=O) groups is 1. The fraction of sp³-hybridized carbons (Fsp3) is 0.120. The Morgan fingerprint density at radius 1 is 0.941 bits per heavy atom. The Bertz CT molecular complexity index is 1320. The van der Waals surface area contributed by atoms with Gasteiger partial charge in [-0.3, -0.25) is 9.36 Å². The summed E-state index contributed by atoms with van der Waals surface area (Å²) >= 11 is 13.3. The summed E-state index contributed by atoms with van der Waals surface area (Å²) in [5, 5.41) is 14.8. The summed E-state index contributed by atoms with van der Waals surface area (Å²) in [6, 6.07) is 22.7. The van der Waals surface area contributed by atoms with Crippen LogP contribution in [-0.2, 0) is 4.79 Å². The van der Waals surface area contributed by atoms with Gasteiger partial charge in [-0.2, -0.15) is 5.10 Å². The molecule has 0 unspecified atom stereocenters. The molecule has 6 nitrogen and oxygen atoms in total. The zero-order valence-corrected chi connectivity index (χ0v) is 20.8. The molecule has 0 atom stereocenters. The predicted molar refractivity (Wildman–Crippen MR) is 139 cm³/mol. The highest BCUT2D eigenvalue weighted by molar-refractivity contribution is 7.99. The number of hydrogen-bond donors (Lipinski definition) is 1. The van der Waals surface area contributed by atoms with E-state index in [-0.39, 0.29) is 11.7 Å². The highest BCUT2D eigenvalue weighted by Crippen LogP contribution is 2.28. The first kappa shape index (κ1) is 24.0. The standard InChI is InChI=1S/C25H21Cl2N5OS/c1-16-3-5-19(6-4-16)24-30-31-25(32(24)22-13-11-21(27)12-14-22)34-15-23(33)29-28-17(2)18-7-9-20(26)10-8-18/h3-14H,15H2,1-2H3,(H,29,33)/b28-17+. The van der Waals surface area contributed by atoms with Crippen molar-refractivity contribution in [3.05, 3.63) is 94.0 Å². The molecule has 0 aliphatic carbocycles. The Morgan fingerprint density at radius 3 is 2.21 bits per heavy atom. The van der Waals surface area contributed by atoms with Crippen LogP contribution in [0.4, 0.5) is 0 Å².